The van der Waals surface area contributed by atoms with Crippen molar-refractivity contribution in [3.8, 4) is 0 Å². The van der Waals surface area contributed by atoms with E-state index >= 15 is 0 Å². The molecule has 0 aromatic carbocycles. The third-order valence-corrected chi connectivity index (χ3v) is 5.01. The van der Waals surface area contributed by atoms with Gasteiger partial charge in [0.25, 0.3) is 5.91 Å². The molecule has 0 aliphatic heterocycles. The van der Waals surface area contributed by atoms with Gasteiger partial charge in [0.05, 0.1) is 4.88 Å². The zero-order valence-corrected chi connectivity index (χ0v) is 12.4. The summed E-state index contributed by atoms with van der Waals surface area (Å²) in [5, 5.41) is 12.0. The Morgan fingerprint density at radius 3 is 2.95 bits per heavy atom. The molecule has 0 radical (unpaired) electrons. The Labute approximate surface area is 119 Å². The zero-order chi connectivity index (χ0) is 13.7. The first-order valence-corrected chi connectivity index (χ1v) is 8.09. The summed E-state index contributed by atoms with van der Waals surface area (Å²) < 4.78 is 0. The number of hydrogen-bond donors (Lipinski definition) is 2. The minimum absolute atomic E-state index is 0.0263. The van der Waals surface area contributed by atoms with E-state index in [-0.39, 0.29) is 18.6 Å². The van der Waals surface area contributed by atoms with Crippen molar-refractivity contribution in [2.24, 2.45) is 0 Å². The number of carbonyl (C=O) groups excluding carboxylic acids is 1. The fourth-order valence-electron chi connectivity index (χ4n) is 2.57. The lowest BCUT2D eigenvalue weighted by Crippen LogP contribution is -2.34. The smallest absolute Gasteiger partial charge is 0.261 e. The molecule has 1 heterocycles. The molecule has 0 saturated carbocycles. The molecule has 3 nitrogen and oxygen atoms in total. The van der Waals surface area contributed by atoms with Crippen LogP contribution in [0.5, 0.6) is 0 Å². The van der Waals surface area contributed by atoms with Crippen LogP contribution in [0.1, 0.15) is 59.1 Å². The number of amides is 1. The monoisotopic (exact) mass is 281 g/mol. The number of thiophene rings is 1. The summed E-state index contributed by atoms with van der Waals surface area (Å²) in [4.78, 5) is 14.4. The summed E-state index contributed by atoms with van der Waals surface area (Å²) in [5.74, 6) is 0.0263. The standard InChI is InChI=1S/C15H23NO2S/c1-2-12(8-9-17)16-15(18)14-10-11-6-4-3-5-7-13(11)19-14/h10,12,17H,2-9H2,1H3,(H,16,18). The van der Waals surface area contributed by atoms with Crippen molar-refractivity contribution in [1.29, 1.82) is 0 Å². The Balaban J connectivity index is 2.03. The maximum absolute atomic E-state index is 12.2. The first-order valence-electron chi connectivity index (χ1n) is 7.28. The van der Waals surface area contributed by atoms with Crippen LogP contribution >= 0.6 is 11.3 Å². The van der Waals surface area contributed by atoms with Crippen LogP contribution in [-0.2, 0) is 12.8 Å². The van der Waals surface area contributed by atoms with Crippen molar-refractivity contribution >= 4 is 17.2 Å². The Hall–Kier alpha value is -0.870. The number of hydrogen-bond acceptors (Lipinski definition) is 3. The Kier molecular flexibility index (Phi) is 5.40. The zero-order valence-electron chi connectivity index (χ0n) is 11.6. The van der Waals surface area contributed by atoms with Crippen molar-refractivity contribution in [1.82, 2.24) is 5.32 Å². The van der Waals surface area contributed by atoms with Crippen molar-refractivity contribution in [3.63, 3.8) is 0 Å². The molecule has 1 atom stereocenters. The quantitative estimate of drug-likeness (QED) is 0.815. The van der Waals surface area contributed by atoms with Gasteiger partial charge in [-0.15, -0.1) is 11.3 Å². The van der Waals surface area contributed by atoms with E-state index < -0.39 is 0 Å². The molecule has 2 rings (SSSR count). The molecule has 1 aliphatic rings. The fourth-order valence-corrected chi connectivity index (χ4v) is 3.73. The molecule has 2 N–H and O–H groups in total. The lowest BCUT2D eigenvalue weighted by Gasteiger charge is -2.14. The van der Waals surface area contributed by atoms with Gasteiger partial charge in [-0.2, -0.15) is 0 Å². The molecule has 1 aromatic heterocycles. The highest BCUT2D eigenvalue weighted by Gasteiger charge is 2.18. The second kappa shape index (κ2) is 7.06. The van der Waals surface area contributed by atoms with E-state index in [0.29, 0.717) is 6.42 Å². The molecular formula is C15H23NO2S. The summed E-state index contributed by atoms with van der Waals surface area (Å²) in [7, 11) is 0. The third-order valence-electron chi connectivity index (χ3n) is 3.78. The van der Waals surface area contributed by atoms with Gasteiger partial charge in [-0.05, 0) is 50.2 Å². The first kappa shape index (κ1) is 14.5. The minimum atomic E-state index is 0.0263. The molecule has 106 valence electrons. The number of fused-ring (bicyclic) bond motifs is 1. The minimum Gasteiger partial charge on any atom is -0.396 e. The molecule has 0 spiro atoms. The van der Waals surface area contributed by atoms with Crippen LogP contribution in [0.15, 0.2) is 6.07 Å². The molecule has 0 bridgehead atoms. The SMILES string of the molecule is CCC(CCO)NC(=O)c1cc2c(s1)CCCCC2. The lowest BCUT2D eigenvalue weighted by molar-refractivity contribution is 0.0933. The van der Waals surface area contributed by atoms with Gasteiger partial charge in [0.1, 0.15) is 0 Å². The summed E-state index contributed by atoms with van der Waals surface area (Å²) in [5.41, 5.74) is 1.38. The highest BCUT2D eigenvalue weighted by atomic mass is 32.1. The van der Waals surface area contributed by atoms with Gasteiger partial charge in [0.2, 0.25) is 0 Å². The van der Waals surface area contributed by atoms with Crippen LogP contribution in [0, 0.1) is 0 Å². The molecule has 1 amide bonds. The number of aliphatic hydroxyl groups is 1. The molecule has 0 fully saturated rings. The molecule has 19 heavy (non-hydrogen) atoms. The second-order valence-electron chi connectivity index (χ2n) is 5.21. The van der Waals surface area contributed by atoms with Gasteiger partial charge >= 0.3 is 0 Å². The average Bonchev–Trinajstić information content (AvgIpc) is 2.69. The molecule has 1 aromatic rings. The van der Waals surface area contributed by atoms with Gasteiger partial charge in [0, 0.05) is 17.5 Å². The highest BCUT2D eigenvalue weighted by molar-refractivity contribution is 7.14. The van der Waals surface area contributed by atoms with Crippen molar-refractivity contribution in [2.75, 3.05) is 6.61 Å². The Morgan fingerprint density at radius 1 is 1.42 bits per heavy atom. The van der Waals surface area contributed by atoms with E-state index in [1.54, 1.807) is 11.3 Å². The summed E-state index contributed by atoms with van der Waals surface area (Å²) in [6, 6.07) is 2.16. The van der Waals surface area contributed by atoms with Gasteiger partial charge < -0.3 is 10.4 Å². The van der Waals surface area contributed by atoms with Crippen LogP contribution in [-0.4, -0.2) is 23.7 Å². The number of carbonyl (C=O) groups is 1. The van der Waals surface area contributed by atoms with Crippen molar-refractivity contribution in [2.45, 2.75) is 57.9 Å². The Morgan fingerprint density at radius 2 is 2.21 bits per heavy atom. The molecule has 0 saturated heterocycles. The summed E-state index contributed by atoms with van der Waals surface area (Å²) >= 11 is 1.65. The molecular weight excluding hydrogens is 258 g/mol. The Bertz CT molecular complexity index is 404. The molecule has 1 unspecified atom stereocenters. The number of rotatable bonds is 5. The van der Waals surface area contributed by atoms with E-state index in [0.717, 1.165) is 24.1 Å². The number of nitrogens with one attached hydrogen (secondary N) is 1. The second-order valence-corrected chi connectivity index (χ2v) is 6.35. The van der Waals surface area contributed by atoms with Gasteiger partial charge in [-0.25, -0.2) is 0 Å². The normalized spacial score (nSPS) is 16.5. The van der Waals surface area contributed by atoms with Gasteiger partial charge in [0.15, 0.2) is 0 Å². The topological polar surface area (TPSA) is 49.3 Å². The summed E-state index contributed by atoms with van der Waals surface area (Å²) in [6.45, 7) is 2.16. The number of aryl methyl sites for hydroxylation is 2. The van der Waals surface area contributed by atoms with Crippen LogP contribution in [0.25, 0.3) is 0 Å². The maximum atomic E-state index is 12.2. The third kappa shape index (κ3) is 3.80. The van der Waals surface area contributed by atoms with E-state index in [4.69, 9.17) is 5.11 Å². The van der Waals surface area contributed by atoms with Crippen LogP contribution in [0.4, 0.5) is 0 Å². The van der Waals surface area contributed by atoms with Gasteiger partial charge in [-0.3, -0.25) is 4.79 Å². The van der Waals surface area contributed by atoms with E-state index in [1.807, 2.05) is 6.92 Å². The number of aliphatic hydroxyl groups excluding tert-OH is 1. The first-order chi connectivity index (χ1) is 9.24. The highest BCUT2D eigenvalue weighted by Crippen LogP contribution is 2.29. The lowest BCUT2D eigenvalue weighted by atomic mass is 10.1. The van der Waals surface area contributed by atoms with Crippen LogP contribution in [0.3, 0.4) is 0 Å². The predicted octanol–water partition coefficient (Wildman–Crippen LogP) is 2.91. The van der Waals surface area contributed by atoms with E-state index in [9.17, 15) is 4.79 Å². The largest absolute Gasteiger partial charge is 0.396 e. The van der Waals surface area contributed by atoms with Crippen molar-refractivity contribution < 1.29 is 9.90 Å². The molecule has 1 aliphatic carbocycles. The van der Waals surface area contributed by atoms with E-state index in [2.05, 4.69) is 11.4 Å². The molecule has 4 heteroatoms. The van der Waals surface area contributed by atoms with E-state index in [1.165, 1.54) is 29.7 Å². The fraction of sp³-hybridized carbons (Fsp3) is 0.667. The van der Waals surface area contributed by atoms with Crippen molar-refractivity contribution in [3.05, 3.63) is 21.4 Å². The average molecular weight is 281 g/mol. The van der Waals surface area contributed by atoms with Crippen LogP contribution in [0.2, 0.25) is 0 Å². The maximum Gasteiger partial charge on any atom is 0.261 e. The summed E-state index contributed by atoms with van der Waals surface area (Å²) in [6.07, 6.45) is 7.53. The van der Waals surface area contributed by atoms with Gasteiger partial charge in [-0.1, -0.05) is 13.3 Å². The predicted molar refractivity (Wildman–Crippen MR) is 78.8 cm³/mol. The van der Waals surface area contributed by atoms with Crippen LogP contribution < -0.4 is 5.32 Å².